The lowest BCUT2D eigenvalue weighted by Gasteiger charge is -2.14. The van der Waals surface area contributed by atoms with Crippen molar-refractivity contribution in [1.29, 1.82) is 0 Å². The summed E-state index contributed by atoms with van der Waals surface area (Å²) in [7, 11) is 1.64. The summed E-state index contributed by atoms with van der Waals surface area (Å²) in [6.45, 7) is 1.67. The highest BCUT2D eigenvalue weighted by Gasteiger charge is 2.09. The Hall–Kier alpha value is -2.34. The molecule has 3 rings (SSSR count). The van der Waals surface area contributed by atoms with Gasteiger partial charge >= 0.3 is 0 Å². The third-order valence-electron chi connectivity index (χ3n) is 4.03. The highest BCUT2D eigenvalue weighted by Crippen LogP contribution is 2.29. The van der Waals surface area contributed by atoms with E-state index < -0.39 is 6.10 Å². The second-order valence-electron chi connectivity index (χ2n) is 5.91. The van der Waals surface area contributed by atoms with Gasteiger partial charge in [0.25, 0.3) is 0 Å². The summed E-state index contributed by atoms with van der Waals surface area (Å²) in [6.07, 6.45) is -0.522. The number of methoxy groups -OCH3 is 1. The number of hydrogen-bond donors (Lipinski definition) is 2. The summed E-state index contributed by atoms with van der Waals surface area (Å²) in [5, 5.41) is 15.5. The van der Waals surface area contributed by atoms with E-state index in [-0.39, 0.29) is 0 Å². The first-order valence-corrected chi connectivity index (χ1v) is 9.40. The number of aliphatic hydroxyl groups is 1. The van der Waals surface area contributed by atoms with Crippen molar-refractivity contribution in [3.63, 3.8) is 0 Å². The van der Waals surface area contributed by atoms with Crippen LogP contribution in [0.25, 0.3) is 0 Å². The average Bonchev–Trinajstić information content (AvgIpc) is 3.21. The SMILES string of the molecule is COc1cc(CNCC(O)c2ccccc2)ccc1OCc1cccs1. The first kappa shape index (κ1) is 18.5. The molecule has 0 radical (unpaired) electrons. The molecule has 2 aromatic carbocycles. The molecule has 0 aliphatic carbocycles. The summed E-state index contributed by atoms with van der Waals surface area (Å²) in [5.41, 5.74) is 1.99. The minimum atomic E-state index is -0.522. The fourth-order valence-electron chi connectivity index (χ4n) is 2.63. The quantitative estimate of drug-likeness (QED) is 0.595. The van der Waals surface area contributed by atoms with Crippen LogP contribution in [0.3, 0.4) is 0 Å². The van der Waals surface area contributed by atoms with E-state index in [9.17, 15) is 5.11 Å². The van der Waals surface area contributed by atoms with Crippen LogP contribution in [0.4, 0.5) is 0 Å². The molecule has 0 amide bonds. The van der Waals surface area contributed by atoms with Gasteiger partial charge in [-0.05, 0) is 34.7 Å². The van der Waals surface area contributed by atoms with Gasteiger partial charge in [0.2, 0.25) is 0 Å². The summed E-state index contributed by atoms with van der Waals surface area (Å²) in [4.78, 5) is 1.17. The van der Waals surface area contributed by atoms with Crippen LogP contribution in [0, 0.1) is 0 Å². The molecule has 1 unspecified atom stereocenters. The van der Waals surface area contributed by atoms with E-state index in [2.05, 4.69) is 5.32 Å². The molecular formula is C21H23NO3S. The van der Waals surface area contributed by atoms with E-state index >= 15 is 0 Å². The molecule has 0 spiro atoms. The van der Waals surface area contributed by atoms with Crippen LogP contribution in [0.5, 0.6) is 11.5 Å². The predicted octanol–water partition coefficient (Wildman–Crippen LogP) is 4.16. The molecule has 0 fully saturated rings. The second-order valence-corrected chi connectivity index (χ2v) is 6.94. The summed E-state index contributed by atoms with van der Waals surface area (Å²) in [6, 6.07) is 19.6. The van der Waals surface area contributed by atoms with Gasteiger partial charge in [-0.15, -0.1) is 11.3 Å². The minimum Gasteiger partial charge on any atom is -0.493 e. The number of benzene rings is 2. The highest BCUT2D eigenvalue weighted by molar-refractivity contribution is 7.09. The minimum absolute atomic E-state index is 0.489. The fourth-order valence-corrected chi connectivity index (χ4v) is 3.25. The summed E-state index contributed by atoms with van der Waals surface area (Å²) < 4.78 is 11.3. The van der Waals surface area contributed by atoms with Crippen molar-refractivity contribution in [2.75, 3.05) is 13.7 Å². The molecule has 1 heterocycles. The lowest BCUT2D eigenvalue weighted by Crippen LogP contribution is -2.21. The van der Waals surface area contributed by atoms with Crippen LogP contribution in [-0.2, 0) is 13.2 Å². The molecule has 0 saturated carbocycles. The number of nitrogens with one attached hydrogen (secondary N) is 1. The van der Waals surface area contributed by atoms with Crippen LogP contribution in [0.15, 0.2) is 66.0 Å². The predicted molar refractivity (Wildman–Crippen MR) is 105 cm³/mol. The number of hydrogen-bond acceptors (Lipinski definition) is 5. The fraction of sp³-hybridized carbons (Fsp3) is 0.238. The smallest absolute Gasteiger partial charge is 0.161 e. The van der Waals surface area contributed by atoms with E-state index in [4.69, 9.17) is 9.47 Å². The third-order valence-corrected chi connectivity index (χ3v) is 4.88. The molecule has 1 atom stereocenters. The molecule has 0 aliphatic heterocycles. The average molecular weight is 369 g/mol. The molecular weight excluding hydrogens is 346 g/mol. The lowest BCUT2D eigenvalue weighted by molar-refractivity contribution is 0.174. The van der Waals surface area contributed by atoms with E-state index in [0.29, 0.717) is 25.4 Å². The Bertz CT molecular complexity index is 790. The van der Waals surface area contributed by atoms with Gasteiger partial charge in [0.1, 0.15) is 6.61 Å². The van der Waals surface area contributed by atoms with Gasteiger partial charge in [0.05, 0.1) is 13.2 Å². The Labute approximate surface area is 158 Å². The number of rotatable bonds is 9. The zero-order valence-corrected chi connectivity index (χ0v) is 15.5. The van der Waals surface area contributed by atoms with Gasteiger partial charge in [0.15, 0.2) is 11.5 Å². The lowest BCUT2D eigenvalue weighted by atomic mass is 10.1. The van der Waals surface area contributed by atoms with Gasteiger partial charge in [-0.1, -0.05) is 42.5 Å². The van der Waals surface area contributed by atoms with E-state index in [1.165, 1.54) is 4.88 Å². The number of thiophene rings is 1. The first-order chi connectivity index (χ1) is 12.8. The van der Waals surface area contributed by atoms with Gasteiger partial charge in [-0.25, -0.2) is 0 Å². The monoisotopic (exact) mass is 369 g/mol. The molecule has 0 bridgehead atoms. The van der Waals surface area contributed by atoms with Gasteiger partial charge in [-0.3, -0.25) is 0 Å². The second kappa shape index (κ2) is 9.38. The molecule has 136 valence electrons. The number of ether oxygens (including phenoxy) is 2. The van der Waals surface area contributed by atoms with Crippen LogP contribution in [0.1, 0.15) is 22.1 Å². The summed E-state index contributed by atoms with van der Waals surface area (Å²) >= 11 is 1.67. The normalized spacial score (nSPS) is 11.9. The maximum absolute atomic E-state index is 10.2. The Balaban J connectivity index is 1.53. The third kappa shape index (κ3) is 5.08. The maximum Gasteiger partial charge on any atom is 0.161 e. The van der Waals surface area contributed by atoms with Crippen molar-refractivity contribution in [2.45, 2.75) is 19.3 Å². The maximum atomic E-state index is 10.2. The topological polar surface area (TPSA) is 50.7 Å². The van der Waals surface area contributed by atoms with Crippen molar-refractivity contribution in [3.05, 3.63) is 82.0 Å². The Morgan fingerprint density at radius 3 is 2.62 bits per heavy atom. The van der Waals surface area contributed by atoms with Gasteiger partial charge in [0, 0.05) is 18.0 Å². The van der Waals surface area contributed by atoms with E-state index in [1.807, 2.05) is 66.0 Å². The Morgan fingerprint density at radius 1 is 1.04 bits per heavy atom. The molecule has 0 aliphatic rings. The molecule has 0 saturated heterocycles. The molecule has 5 heteroatoms. The van der Waals surface area contributed by atoms with Crippen LogP contribution in [-0.4, -0.2) is 18.8 Å². The van der Waals surface area contributed by atoms with Gasteiger partial charge in [-0.2, -0.15) is 0 Å². The molecule has 3 aromatic rings. The van der Waals surface area contributed by atoms with Crippen molar-refractivity contribution >= 4 is 11.3 Å². The molecule has 4 nitrogen and oxygen atoms in total. The Kier molecular flexibility index (Phi) is 6.66. The first-order valence-electron chi connectivity index (χ1n) is 8.52. The van der Waals surface area contributed by atoms with Crippen LogP contribution < -0.4 is 14.8 Å². The van der Waals surface area contributed by atoms with Crippen molar-refractivity contribution < 1.29 is 14.6 Å². The van der Waals surface area contributed by atoms with Gasteiger partial charge < -0.3 is 19.9 Å². The molecule has 1 aromatic heterocycles. The standard InChI is InChI=1S/C21H23NO3S/c1-24-21-12-16(9-10-20(21)25-15-18-8-5-11-26-18)13-22-14-19(23)17-6-3-2-4-7-17/h2-12,19,22-23H,13-15H2,1H3. The molecule has 2 N–H and O–H groups in total. The van der Waals surface area contributed by atoms with E-state index in [1.54, 1.807) is 18.4 Å². The van der Waals surface area contributed by atoms with Crippen molar-refractivity contribution in [1.82, 2.24) is 5.32 Å². The van der Waals surface area contributed by atoms with Crippen molar-refractivity contribution in [3.8, 4) is 11.5 Å². The highest BCUT2D eigenvalue weighted by atomic mass is 32.1. The van der Waals surface area contributed by atoms with Crippen LogP contribution in [0.2, 0.25) is 0 Å². The van der Waals surface area contributed by atoms with Crippen molar-refractivity contribution in [2.24, 2.45) is 0 Å². The Morgan fingerprint density at radius 2 is 1.88 bits per heavy atom. The van der Waals surface area contributed by atoms with E-state index in [0.717, 1.165) is 16.9 Å². The zero-order valence-electron chi connectivity index (χ0n) is 14.7. The zero-order chi connectivity index (χ0) is 18.2. The largest absolute Gasteiger partial charge is 0.493 e. The molecule has 26 heavy (non-hydrogen) atoms. The summed E-state index contributed by atoms with van der Waals surface area (Å²) in [5.74, 6) is 1.44. The van der Waals surface area contributed by atoms with Crippen LogP contribution >= 0.6 is 11.3 Å². The number of aliphatic hydroxyl groups excluding tert-OH is 1.